The van der Waals surface area contributed by atoms with E-state index in [0.29, 0.717) is 18.7 Å². The van der Waals surface area contributed by atoms with E-state index < -0.39 is 29.5 Å². The molecule has 0 saturated carbocycles. The van der Waals surface area contributed by atoms with Gasteiger partial charge in [0.2, 0.25) is 0 Å². The van der Waals surface area contributed by atoms with E-state index in [0.717, 1.165) is 5.56 Å². The van der Waals surface area contributed by atoms with Gasteiger partial charge in [0.1, 0.15) is 12.0 Å². The van der Waals surface area contributed by atoms with Crippen molar-refractivity contribution < 1.29 is 18.7 Å². The van der Waals surface area contributed by atoms with E-state index in [1.807, 2.05) is 0 Å². The zero-order chi connectivity index (χ0) is 24.5. The molecule has 1 aliphatic rings. The first-order valence-electron chi connectivity index (χ1n) is 10.9. The van der Waals surface area contributed by atoms with Crippen molar-refractivity contribution >= 4 is 11.7 Å². The number of carbonyl (C=O) groups is 1. The third-order valence-electron chi connectivity index (χ3n) is 5.41. The van der Waals surface area contributed by atoms with Gasteiger partial charge in [-0.15, -0.1) is 0 Å². The summed E-state index contributed by atoms with van der Waals surface area (Å²) in [6, 6.07) is 4.07. The summed E-state index contributed by atoms with van der Waals surface area (Å²) in [5, 5.41) is 19.9. The van der Waals surface area contributed by atoms with Crippen LogP contribution < -0.4 is 16.4 Å². The van der Waals surface area contributed by atoms with Crippen LogP contribution in [0.15, 0.2) is 36.8 Å². The van der Waals surface area contributed by atoms with Gasteiger partial charge in [0, 0.05) is 42.9 Å². The first-order valence-corrected chi connectivity index (χ1v) is 10.9. The number of alkyl halides is 1. The van der Waals surface area contributed by atoms with E-state index in [1.165, 1.54) is 12.3 Å². The molecule has 2 aromatic heterocycles. The Morgan fingerprint density at radius 3 is 2.85 bits per heavy atom. The zero-order valence-corrected chi connectivity index (χ0v) is 18.9. The number of halogens is 2. The molecule has 0 radical (unpaired) electrons. The van der Waals surface area contributed by atoms with Gasteiger partial charge in [-0.1, -0.05) is 6.07 Å². The Morgan fingerprint density at radius 2 is 2.12 bits per heavy atom. The van der Waals surface area contributed by atoms with E-state index in [9.17, 15) is 18.7 Å². The lowest BCUT2D eigenvalue weighted by Crippen LogP contribution is -2.49. The molecule has 1 aromatic carbocycles. The number of aromatic nitrogens is 4. The number of aliphatic hydroxyl groups is 1. The molecule has 2 atom stereocenters. The molecule has 11 heteroatoms. The van der Waals surface area contributed by atoms with Gasteiger partial charge in [0.05, 0.1) is 30.2 Å². The molecular formula is C23H27F2N7O2. The van der Waals surface area contributed by atoms with E-state index in [-0.39, 0.29) is 35.7 Å². The Morgan fingerprint density at radius 1 is 1.32 bits per heavy atom. The number of nitrogens with two attached hydrogens (primary N) is 1. The normalized spacial score (nSPS) is 18.6. The fourth-order valence-electron chi connectivity index (χ4n) is 3.85. The smallest absolute Gasteiger partial charge is 0.274 e. The van der Waals surface area contributed by atoms with Gasteiger partial charge in [-0.25, -0.2) is 18.7 Å². The fourth-order valence-corrected chi connectivity index (χ4v) is 3.85. The predicted molar refractivity (Wildman–Crippen MR) is 123 cm³/mol. The highest BCUT2D eigenvalue weighted by molar-refractivity contribution is 5.97. The lowest BCUT2D eigenvalue weighted by Gasteiger charge is -2.26. The van der Waals surface area contributed by atoms with Gasteiger partial charge in [-0.2, -0.15) is 5.10 Å². The Bertz CT molecular complexity index is 1190. The molecule has 0 spiro atoms. The van der Waals surface area contributed by atoms with Crippen molar-refractivity contribution in [2.75, 3.05) is 18.8 Å². The molecule has 1 fully saturated rings. The van der Waals surface area contributed by atoms with Crippen LogP contribution in [0.5, 0.6) is 0 Å². The van der Waals surface area contributed by atoms with Crippen LogP contribution in [0.2, 0.25) is 0 Å². The molecule has 3 heterocycles. The molecule has 1 saturated heterocycles. The minimum absolute atomic E-state index is 0.105. The number of rotatable bonds is 6. The van der Waals surface area contributed by atoms with Crippen molar-refractivity contribution in [2.24, 2.45) is 0 Å². The largest absolute Gasteiger partial charge is 0.389 e. The molecule has 2 unspecified atom stereocenters. The average Bonchev–Trinajstić information content (AvgIpc) is 3.21. The summed E-state index contributed by atoms with van der Waals surface area (Å²) in [5.74, 6) is -1.25. The predicted octanol–water partition coefficient (Wildman–Crippen LogP) is 1.93. The van der Waals surface area contributed by atoms with Crippen molar-refractivity contribution in [1.29, 1.82) is 0 Å². The van der Waals surface area contributed by atoms with E-state index in [1.54, 1.807) is 43.1 Å². The number of anilines is 1. The first-order chi connectivity index (χ1) is 16.1. The number of nitrogen functional groups attached to an aromatic ring is 1. The van der Waals surface area contributed by atoms with Gasteiger partial charge in [-0.05, 0) is 31.5 Å². The summed E-state index contributed by atoms with van der Waals surface area (Å²) in [6.45, 7) is 4.33. The third kappa shape index (κ3) is 5.54. The average molecular weight is 472 g/mol. The molecule has 3 aromatic rings. The zero-order valence-electron chi connectivity index (χ0n) is 18.9. The van der Waals surface area contributed by atoms with E-state index in [4.69, 9.17) is 5.73 Å². The van der Waals surface area contributed by atoms with Crippen molar-refractivity contribution in [1.82, 2.24) is 30.4 Å². The number of amides is 1. The van der Waals surface area contributed by atoms with Gasteiger partial charge < -0.3 is 21.5 Å². The fraction of sp³-hybridized carbons (Fsp3) is 0.391. The summed E-state index contributed by atoms with van der Waals surface area (Å²) in [5.41, 5.74) is 6.43. The molecule has 180 valence electrons. The minimum Gasteiger partial charge on any atom is -0.389 e. The number of benzene rings is 1. The number of nitrogens with one attached hydrogen (secondary N) is 2. The molecule has 1 amide bonds. The Labute approximate surface area is 195 Å². The van der Waals surface area contributed by atoms with Gasteiger partial charge in [0.15, 0.2) is 11.5 Å². The molecule has 9 nitrogen and oxygen atoms in total. The lowest BCUT2D eigenvalue weighted by molar-refractivity contribution is 0.0577. The molecular weight excluding hydrogens is 444 g/mol. The minimum atomic E-state index is -1.06. The van der Waals surface area contributed by atoms with Crippen LogP contribution in [0.25, 0.3) is 22.4 Å². The van der Waals surface area contributed by atoms with Crippen molar-refractivity contribution in [3.63, 3.8) is 0 Å². The SMILES string of the molecule is CC(C)(O)Cn1cc(-c2ccc(F)c(-c3cnc(N)c(C(=O)NC4CNCC(F)C4)n3)c2)cn1. The number of hydrogen-bond donors (Lipinski definition) is 4. The third-order valence-corrected chi connectivity index (χ3v) is 5.41. The summed E-state index contributed by atoms with van der Waals surface area (Å²) in [4.78, 5) is 21.0. The quantitative estimate of drug-likeness (QED) is 0.432. The van der Waals surface area contributed by atoms with Crippen LogP contribution >= 0.6 is 0 Å². The molecule has 0 aliphatic carbocycles. The van der Waals surface area contributed by atoms with Gasteiger partial charge in [0.25, 0.3) is 5.91 Å². The van der Waals surface area contributed by atoms with Crippen LogP contribution in [0.4, 0.5) is 14.6 Å². The number of piperidine rings is 1. The summed E-state index contributed by atoms with van der Waals surface area (Å²) < 4.78 is 30.0. The van der Waals surface area contributed by atoms with Gasteiger partial charge >= 0.3 is 0 Å². The first kappa shape index (κ1) is 23.7. The maximum atomic E-state index is 14.7. The number of nitrogens with zero attached hydrogens (tertiary/aromatic N) is 4. The molecule has 0 bridgehead atoms. The lowest BCUT2D eigenvalue weighted by atomic mass is 10.0. The molecule has 5 N–H and O–H groups in total. The van der Waals surface area contributed by atoms with Crippen LogP contribution in [-0.4, -0.2) is 61.7 Å². The highest BCUT2D eigenvalue weighted by Gasteiger charge is 2.25. The topological polar surface area (TPSA) is 131 Å². The van der Waals surface area contributed by atoms with E-state index in [2.05, 4.69) is 25.7 Å². The highest BCUT2D eigenvalue weighted by atomic mass is 19.1. The maximum absolute atomic E-state index is 14.7. The molecule has 4 rings (SSSR count). The second-order valence-electron chi connectivity index (χ2n) is 9.08. The summed E-state index contributed by atoms with van der Waals surface area (Å²) in [6.07, 6.45) is 3.79. The Hall–Kier alpha value is -3.44. The van der Waals surface area contributed by atoms with Crippen molar-refractivity contribution in [3.8, 4) is 22.4 Å². The second kappa shape index (κ2) is 9.43. The monoisotopic (exact) mass is 471 g/mol. The molecule has 1 aliphatic heterocycles. The van der Waals surface area contributed by atoms with Crippen LogP contribution in [0.3, 0.4) is 0 Å². The number of hydrogen-bond acceptors (Lipinski definition) is 7. The Kier molecular flexibility index (Phi) is 6.58. The standard InChI is InChI=1S/C23H27F2N7O2/c1-23(2,34)12-32-11-14(7-29-32)13-3-4-18(25)17(5-13)19-10-28-21(26)20(31-19)22(33)30-16-6-15(24)8-27-9-16/h3-5,7,10-11,15-16,27,34H,6,8-9,12H2,1-2H3,(H2,26,28)(H,30,33). The van der Waals surface area contributed by atoms with Gasteiger partial charge in [-0.3, -0.25) is 9.48 Å². The van der Waals surface area contributed by atoms with Crippen molar-refractivity contribution in [2.45, 2.75) is 44.6 Å². The highest BCUT2D eigenvalue weighted by Crippen LogP contribution is 2.28. The Balaban J connectivity index is 1.60. The number of carbonyl (C=O) groups excluding carboxylic acids is 1. The summed E-state index contributed by atoms with van der Waals surface area (Å²) in [7, 11) is 0. The van der Waals surface area contributed by atoms with E-state index >= 15 is 0 Å². The maximum Gasteiger partial charge on any atom is 0.274 e. The van der Waals surface area contributed by atoms with Crippen molar-refractivity contribution in [3.05, 3.63) is 48.3 Å². The summed E-state index contributed by atoms with van der Waals surface area (Å²) >= 11 is 0. The van der Waals surface area contributed by atoms with Crippen LogP contribution in [0, 0.1) is 5.82 Å². The van der Waals surface area contributed by atoms with Crippen LogP contribution in [0.1, 0.15) is 30.8 Å². The van der Waals surface area contributed by atoms with Crippen LogP contribution in [-0.2, 0) is 6.54 Å². The molecule has 34 heavy (non-hydrogen) atoms. The second-order valence-corrected chi connectivity index (χ2v) is 9.08.